The highest BCUT2D eigenvalue weighted by molar-refractivity contribution is 5.91. The lowest BCUT2D eigenvalue weighted by Gasteiger charge is -2.17. The predicted octanol–water partition coefficient (Wildman–Crippen LogP) is 1.04. The van der Waals surface area contributed by atoms with Crippen molar-refractivity contribution in [3.05, 3.63) is 18.2 Å². The summed E-state index contributed by atoms with van der Waals surface area (Å²) < 4.78 is 0. The molecule has 1 heterocycles. The third-order valence-electron chi connectivity index (χ3n) is 2.69. The fourth-order valence-electron chi connectivity index (χ4n) is 1.62. The van der Waals surface area contributed by atoms with Crippen molar-refractivity contribution in [2.24, 2.45) is 11.7 Å². The number of Topliss-reactive ketones (excluding diaryl/α,β-unsaturated/α-hetero) is 1. The molecule has 0 saturated carbocycles. The van der Waals surface area contributed by atoms with Crippen molar-refractivity contribution in [2.45, 2.75) is 53.1 Å². The fraction of sp³-hybridized carbons (Fsp3) is 0.643. The number of carbonyl (C=O) groups excluding carboxylic acids is 2. The molecule has 1 rings (SSSR count). The molecule has 0 aromatic carbocycles. The van der Waals surface area contributed by atoms with Crippen molar-refractivity contribution in [1.82, 2.24) is 15.3 Å². The molecule has 1 amide bonds. The number of hydrogen-bond donors (Lipinski definition) is 3. The van der Waals surface area contributed by atoms with E-state index in [1.165, 1.54) is 6.33 Å². The van der Waals surface area contributed by atoms with E-state index in [9.17, 15) is 9.59 Å². The number of nitrogens with zero attached hydrogens (tertiary/aromatic N) is 1. The highest BCUT2D eigenvalue weighted by Gasteiger charge is 2.22. The first-order chi connectivity index (χ1) is 9.41. The van der Waals surface area contributed by atoms with E-state index in [0.717, 1.165) is 5.69 Å². The smallest absolute Gasteiger partial charge is 0.237 e. The van der Waals surface area contributed by atoms with Crippen LogP contribution < -0.4 is 11.1 Å². The van der Waals surface area contributed by atoms with Gasteiger partial charge in [0.2, 0.25) is 5.91 Å². The molecule has 4 N–H and O–H groups in total. The van der Waals surface area contributed by atoms with E-state index in [1.807, 2.05) is 13.8 Å². The Kier molecular flexibility index (Phi) is 8.47. The van der Waals surface area contributed by atoms with Crippen molar-refractivity contribution in [1.29, 1.82) is 0 Å². The maximum absolute atomic E-state index is 11.8. The Bertz CT molecular complexity index is 401. The standard InChI is InChI=1S/C12H20N4O2.C2H6/c1-7(2)11(17)8(3)16-12(18)10(13)4-9-5-14-6-15-9;1-2/h5-8,10H,4,13H2,1-3H3,(H,14,15)(H,16,18);1-2H3. The summed E-state index contributed by atoms with van der Waals surface area (Å²) in [5, 5.41) is 2.63. The Morgan fingerprint density at radius 2 is 1.95 bits per heavy atom. The molecule has 0 spiro atoms. The Balaban J connectivity index is 0.00000172. The number of ketones is 1. The highest BCUT2D eigenvalue weighted by atomic mass is 16.2. The third kappa shape index (κ3) is 5.97. The Labute approximate surface area is 120 Å². The Morgan fingerprint density at radius 1 is 1.35 bits per heavy atom. The van der Waals surface area contributed by atoms with Crippen LogP contribution in [0.1, 0.15) is 40.3 Å². The van der Waals surface area contributed by atoms with Gasteiger partial charge in [-0.1, -0.05) is 27.7 Å². The first kappa shape index (κ1) is 18.3. The summed E-state index contributed by atoms with van der Waals surface area (Å²) in [7, 11) is 0. The van der Waals surface area contributed by atoms with Crippen LogP contribution in [-0.2, 0) is 16.0 Å². The van der Waals surface area contributed by atoms with Gasteiger partial charge in [-0.3, -0.25) is 9.59 Å². The number of aromatic nitrogens is 2. The molecule has 0 aliphatic rings. The normalized spacial score (nSPS) is 13.2. The molecule has 2 unspecified atom stereocenters. The summed E-state index contributed by atoms with van der Waals surface area (Å²) in [6.45, 7) is 9.27. The van der Waals surface area contributed by atoms with E-state index in [2.05, 4.69) is 15.3 Å². The number of rotatable bonds is 6. The maximum Gasteiger partial charge on any atom is 0.237 e. The molecule has 1 aromatic rings. The number of imidazole rings is 1. The molecule has 1 aromatic heterocycles. The average molecular weight is 282 g/mol. The van der Waals surface area contributed by atoms with Gasteiger partial charge >= 0.3 is 0 Å². The van der Waals surface area contributed by atoms with E-state index >= 15 is 0 Å². The summed E-state index contributed by atoms with van der Waals surface area (Å²) in [5.41, 5.74) is 6.55. The summed E-state index contributed by atoms with van der Waals surface area (Å²) in [6.07, 6.45) is 3.52. The zero-order valence-corrected chi connectivity index (χ0v) is 12.9. The topological polar surface area (TPSA) is 101 Å². The van der Waals surface area contributed by atoms with Gasteiger partial charge in [0.25, 0.3) is 0 Å². The van der Waals surface area contributed by atoms with E-state index in [4.69, 9.17) is 5.73 Å². The third-order valence-corrected chi connectivity index (χ3v) is 2.69. The number of H-pyrrole nitrogens is 1. The zero-order valence-electron chi connectivity index (χ0n) is 12.9. The maximum atomic E-state index is 11.8. The lowest BCUT2D eigenvalue weighted by molar-refractivity contribution is -0.129. The lowest BCUT2D eigenvalue weighted by Crippen LogP contribution is -2.48. The van der Waals surface area contributed by atoms with Gasteiger partial charge in [0.1, 0.15) is 0 Å². The van der Waals surface area contributed by atoms with Crippen molar-refractivity contribution >= 4 is 11.7 Å². The quantitative estimate of drug-likeness (QED) is 0.725. The number of aromatic amines is 1. The largest absolute Gasteiger partial charge is 0.348 e. The average Bonchev–Trinajstić information content (AvgIpc) is 2.92. The van der Waals surface area contributed by atoms with Gasteiger partial charge < -0.3 is 16.0 Å². The van der Waals surface area contributed by atoms with Crippen molar-refractivity contribution in [2.75, 3.05) is 0 Å². The summed E-state index contributed by atoms with van der Waals surface area (Å²) >= 11 is 0. The number of nitrogens with two attached hydrogens (primary N) is 1. The van der Waals surface area contributed by atoms with Crippen LogP contribution >= 0.6 is 0 Å². The second-order valence-corrected chi connectivity index (χ2v) is 4.67. The summed E-state index contributed by atoms with van der Waals surface area (Å²) in [4.78, 5) is 30.2. The number of nitrogens with one attached hydrogen (secondary N) is 2. The van der Waals surface area contributed by atoms with E-state index in [0.29, 0.717) is 6.42 Å². The van der Waals surface area contributed by atoms with Crippen LogP contribution in [0.5, 0.6) is 0 Å². The summed E-state index contributed by atoms with van der Waals surface area (Å²) in [5.74, 6) is -0.438. The predicted molar refractivity (Wildman–Crippen MR) is 79.1 cm³/mol. The molecule has 2 atom stereocenters. The number of carbonyl (C=O) groups is 2. The van der Waals surface area contributed by atoms with Crippen LogP contribution in [0.3, 0.4) is 0 Å². The van der Waals surface area contributed by atoms with Crippen LogP contribution in [0.4, 0.5) is 0 Å². The Hall–Kier alpha value is -1.69. The molecular weight excluding hydrogens is 256 g/mol. The molecule has 0 fully saturated rings. The second-order valence-electron chi connectivity index (χ2n) is 4.67. The number of amides is 1. The second kappa shape index (κ2) is 9.25. The van der Waals surface area contributed by atoms with Gasteiger partial charge in [0.15, 0.2) is 5.78 Å². The van der Waals surface area contributed by atoms with Crippen LogP contribution in [0, 0.1) is 5.92 Å². The minimum atomic E-state index is -0.687. The molecule has 0 saturated heterocycles. The van der Waals surface area contributed by atoms with Gasteiger partial charge in [-0.15, -0.1) is 0 Å². The molecule has 0 aliphatic heterocycles. The fourth-order valence-corrected chi connectivity index (χ4v) is 1.62. The summed E-state index contributed by atoms with van der Waals surface area (Å²) in [6, 6.07) is -1.20. The van der Waals surface area contributed by atoms with Gasteiger partial charge in [-0.25, -0.2) is 4.98 Å². The van der Waals surface area contributed by atoms with E-state index in [-0.39, 0.29) is 17.6 Å². The van der Waals surface area contributed by atoms with Gasteiger partial charge in [0, 0.05) is 24.2 Å². The van der Waals surface area contributed by atoms with Gasteiger partial charge in [-0.05, 0) is 6.92 Å². The van der Waals surface area contributed by atoms with Crippen LogP contribution in [0.25, 0.3) is 0 Å². The number of hydrogen-bond acceptors (Lipinski definition) is 4. The zero-order chi connectivity index (χ0) is 15.7. The van der Waals surface area contributed by atoms with Crippen molar-refractivity contribution in [3.8, 4) is 0 Å². The minimum absolute atomic E-state index is 0.00269. The molecule has 0 bridgehead atoms. The molecule has 20 heavy (non-hydrogen) atoms. The lowest BCUT2D eigenvalue weighted by atomic mass is 10.0. The molecule has 114 valence electrons. The van der Waals surface area contributed by atoms with Crippen LogP contribution in [0.2, 0.25) is 0 Å². The first-order valence-electron chi connectivity index (χ1n) is 6.98. The van der Waals surface area contributed by atoms with Crippen molar-refractivity contribution in [3.63, 3.8) is 0 Å². The SMILES string of the molecule is CC.CC(C)C(=O)C(C)NC(=O)C(N)Cc1cnc[nH]1. The first-order valence-corrected chi connectivity index (χ1v) is 6.98. The molecule has 0 aliphatic carbocycles. The van der Waals surface area contributed by atoms with Gasteiger partial charge in [0.05, 0.1) is 18.4 Å². The minimum Gasteiger partial charge on any atom is -0.348 e. The van der Waals surface area contributed by atoms with Crippen LogP contribution in [-0.4, -0.2) is 33.7 Å². The highest BCUT2D eigenvalue weighted by Crippen LogP contribution is 2.01. The molecule has 6 heteroatoms. The Morgan fingerprint density at radius 3 is 2.40 bits per heavy atom. The molecule has 0 radical (unpaired) electrons. The molecular formula is C14H26N4O2. The monoisotopic (exact) mass is 282 g/mol. The van der Waals surface area contributed by atoms with Gasteiger partial charge in [-0.2, -0.15) is 0 Å². The van der Waals surface area contributed by atoms with Crippen LogP contribution in [0.15, 0.2) is 12.5 Å². The van der Waals surface area contributed by atoms with E-state index in [1.54, 1.807) is 27.0 Å². The van der Waals surface area contributed by atoms with Crippen molar-refractivity contribution < 1.29 is 9.59 Å². The van der Waals surface area contributed by atoms with E-state index < -0.39 is 12.1 Å². The molecule has 6 nitrogen and oxygen atoms in total.